The Morgan fingerprint density at radius 1 is 1.50 bits per heavy atom. The molecule has 0 fully saturated rings. The molecule has 0 bridgehead atoms. The summed E-state index contributed by atoms with van der Waals surface area (Å²) in [5, 5.41) is 0. The van der Waals surface area contributed by atoms with Crippen molar-refractivity contribution in [2.24, 2.45) is 5.73 Å². The van der Waals surface area contributed by atoms with Crippen LogP contribution in [-0.2, 0) is 0 Å². The fraction of sp³-hybridized carbons (Fsp3) is 0.800. The summed E-state index contributed by atoms with van der Waals surface area (Å²) in [7, 11) is 0. The van der Waals surface area contributed by atoms with E-state index in [9.17, 15) is 0 Å². The van der Waals surface area contributed by atoms with Crippen molar-refractivity contribution >= 4 is 20.7 Å². The summed E-state index contributed by atoms with van der Waals surface area (Å²) >= 11 is 2.41. The lowest BCUT2D eigenvalue weighted by Crippen LogP contribution is -1.93. The number of unbranched alkanes of at least 4 members (excludes halogenated alkanes) is 1. The van der Waals surface area contributed by atoms with E-state index in [1.807, 2.05) is 0 Å². The SMILES string of the molecule is CCCC.NC(=O)Br. The second-order valence-electron chi connectivity index (χ2n) is 1.30. The molecule has 0 aromatic carbocycles. The van der Waals surface area contributed by atoms with Crippen molar-refractivity contribution in [1.82, 2.24) is 0 Å². The molecule has 0 atom stereocenters. The molecule has 0 spiro atoms. The molecule has 0 saturated heterocycles. The van der Waals surface area contributed by atoms with Gasteiger partial charge >= 0.3 is 0 Å². The highest BCUT2D eigenvalue weighted by Crippen LogP contribution is 1.76. The van der Waals surface area contributed by atoms with Crippen LogP contribution in [0.4, 0.5) is 4.79 Å². The molecule has 0 rings (SSSR count). The molecule has 3 heteroatoms. The third-order valence-corrected chi connectivity index (χ3v) is 0.500. The van der Waals surface area contributed by atoms with Crippen LogP contribution in [0.2, 0.25) is 0 Å². The van der Waals surface area contributed by atoms with E-state index in [1.165, 1.54) is 12.8 Å². The Bertz CT molecular complexity index is 50.4. The number of amides is 1. The molecule has 8 heavy (non-hydrogen) atoms. The van der Waals surface area contributed by atoms with Crippen LogP contribution in [0.25, 0.3) is 0 Å². The van der Waals surface area contributed by atoms with Gasteiger partial charge in [-0.15, -0.1) is 0 Å². The molecule has 0 heterocycles. The Morgan fingerprint density at radius 3 is 1.62 bits per heavy atom. The first kappa shape index (κ1) is 10.8. The lowest BCUT2D eigenvalue weighted by Gasteiger charge is -1.68. The van der Waals surface area contributed by atoms with Gasteiger partial charge in [0.15, 0.2) is 0 Å². The third kappa shape index (κ3) is 162. The van der Waals surface area contributed by atoms with E-state index in [0.29, 0.717) is 0 Å². The van der Waals surface area contributed by atoms with Gasteiger partial charge in [-0.05, 0) is 0 Å². The summed E-state index contributed by atoms with van der Waals surface area (Å²) in [5.41, 5.74) is 4.39. The quantitative estimate of drug-likeness (QED) is 0.490. The van der Waals surface area contributed by atoms with Crippen molar-refractivity contribution < 1.29 is 4.79 Å². The van der Waals surface area contributed by atoms with Gasteiger partial charge in [-0.25, -0.2) is 0 Å². The molecule has 0 unspecified atom stereocenters. The van der Waals surface area contributed by atoms with Crippen molar-refractivity contribution in [2.45, 2.75) is 26.7 Å². The average Bonchev–Trinajstić information content (AvgIpc) is 1.65. The normalized spacial score (nSPS) is 6.88. The summed E-state index contributed by atoms with van der Waals surface area (Å²) in [5.74, 6) is 0. The molecule has 0 aromatic heterocycles. The summed E-state index contributed by atoms with van der Waals surface area (Å²) in [6, 6.07) is 0. The Labute approximate surface area is 58.6 Å². The second kappa shape index (κ2) is 10.0. The number of rotatable bonds is 1. The Hall–Kier alpha value is -0.0500. The fourth-order valence-corrected chi connectivity index (χ4v) is 0. The van der Waals surface area contributed by atoms with E-state index in [0.717, 1.165) is 0 Å². The topological polar surface area (TPSA) is 43.1 Å². The molecule has 0 aromatic rings. The first-order valence-electron chi connectivity index (χ1n) is 2.60. The van der Waals surface area contributed by atoms with E-state index in [-0.39, 0.29) is 0 Å². The van der Waals surface area contributed by atoms with Crippen LogP contribution in [0.1, 0.15) is 26.7 Å². The van der Waals surface area contributed by atoms with Crippen molar-refractivity contribution in [3.05, 3.63) is 0 Å². The Balaban J connectivity index is 0. The van der Waals surface area contributed by atoms with E-state index in [4.69, 9.17) is 4.79 Å². The van der Waals surface area contributed by atoms with Crippen LogP contribution in [0.3, 0.4) is 0 Å². The molecular weight excluding hydrogens is 170 g/mol. The molecule has 0 radical (unpaired) electrons. The molecule has 1 amide bonds. The lowest BCUT2D eigenvalue weighted by atomic mass is 10.4. The largest absolute Gasteiger partial charge is 0.360 e. The molecule has 0 aliphatic rings. The monoisotopic (exact) mass is 181 g/mol. The summed E-state index contributed by atoms with van der Waals surface area (Å²) in [6.45, 7) is 4.36. The number of halogens is 1. The molecular formula is C5H12BrNO. The number of hydrogen-bond acceptors (Lipinski definition) is 1. The number of carbonyl (C=O) groups excluding carboxylic acids is 1. The van der Waals surface area contributed by atoms with Gasteiger partial charge in [0.2, 0.25) is 0 Å². The van der Waals surface area contributed by atoms with Gasteiger partial charge in [0, 0.05) is 15.9 Å². The van der Waals surface area contributed by atoms with Crippen LogP contribution in [0.15, 0.2) is 0 Å². The van der Waals surface area contributed by atoms with Gasteiger partial charge in [0.25, 0.3) is 4.82 Å². The minimum Gasteiger partial charge on any atom is -0.360 e. The summed E-state index contributed by atoms with van der Waals surface area (Å²) in [4.78, 5) is 8.62. The van der Waals surface area contributed by atoms with Crippen LogP contribution >= 0.6 is 15.9 Å². The van der Waals surface area contributed by atoms with E-state index in [1.54, 1.807) is 0 Å². The molecule has 2 nitrogen and oxygen atoms in total. The summed E-state index contributed by atoms with van der Waals surface area (Å²) < 4.78 is 0. The smallest absolute Gasteiger partial charge is 0.284 e. The zero-order valence-electron chi connectivity index (χ0n) is 5.28. The molecule has 0 aliphatic carbocycles. The van der Waals surface area contributed by atoms with Gasteiger partial charge < -0.3 is 5.73 Å². The van der Waals surface area contributed by atoms with Crippen molar-refractivity contribution in [2.75, 3.05) is 0 Å². The van der Waals surface area contributed by atoms with Gasteiger partial charge in [-0.3, -0.25) is 4.79 Å². The number of carbonyl (C=O) groups is 1. The van der Waals surface area contributed by atoms with Crippen molar-refractivity contribution in [3.8, 4) is 0 Å². The van der Waals surface area contributed by atoms with Gasteiger partial charge in [0.1, 0.15) is 0 Å². The predicted molar refractivity (Wildman–Crippen MR) is 39.1 cm³/mol. The maximum absolute atomic E-state index is 9.14. The first-order chi connectivity index (χ1) is 3.65. The minimum atomic E-state index is -0.521. The maximum Gasteiger partial charge on any atom is 0.284 e. The van der Waals surface area contributed by atoms with E-state index < -0.39 is 4.82 Å². The minimum absolute atomic E-state index is 0.521. The van der Waals surface area contributed by atoms with E-state index in [2.05, 4.69) is 35.5 Å². The molecule has 0 saturated carbocycles. The van der Waals surface area contributed by atoms with Crippen LogP contribution in [0, 0.1) is 0 Å². The Morgan fingerprint density at radius 2 is 1.62 bits per heavy atom. The zero-order valence-corrected chi connectivity index (χ0v) is 6.86. The molecule has 0 aliphatic heterocycles. The van der Waals surface area contributed by atoms with Crippen molar-refractivity contribution in [1.29, 1.82) is 0 Å². The fourth-order valence-electron chi connectivity index (χ4n) is 0. The number of hydrogen-bond donors (Lipinski definition) is 1. The van der Waals surface area contributed by atoms with Gasteiger partial charge in [-0.1, -0.05) is 26.7 Å². The van der Waals surface area contributed by atoms with Gasteiger partial charge in [0.05, 0.1) is 0 Å². The van der Waals surface area contributed by atoms with Crippen molar-refractivity contribution in [3.63, 3.8) is 0 Å². The molecule has 50 valence electrons. The van der Waals surface area contributed by atoms with Crippen LogP contribution in [-0.4, -0.2) is 4.82 Å². The predicted octanol–water partition coefficient (Wildman–Crippen LogP) is 2.27. The summed E-state index contributed by atoms with van der Waals surface area (Å²) in [6.07, 6.45) is 2.64. The number of primary amides is 1. The third-order valence-electron chi connectivity index (χ3n) is 0.500. The Kier molecular flexibility index (Phi) is 13.6. The zero-order chi connectivity index (χ0) is 6.99. The molecule has 2 N–H and O–H groups in total. The average molecular weight is 182 g/mol. The maximum atomic E-state index is 9.14. The highest BCUT2D eigenvalue weighted by Gasteiger charge is 1.65. The highest BCUT2D eigenvalue weighted by molar-refractivity contribution is 9.18. The highest BCUT2D eigenvalue weighted by atomic mass is 79.9. The van der Waals surface area contributed by atoms with Crippen LogP contribution in [0.5, 0.6) is 0 Å². The lowest BCUT2D eigenvalue weighted by molar-refractivity contribution is 0.268. The first-order valence-corrected chi connectivity index (χ1v) is 3.39. The van der Waals surface area contributed by atoms with Crippen LogP contribution < -0.4 is 5.73 Å². The number of nitrogens with two attached hydrogens (primary N) is 1. The van der Waals surface area contributed by atoms with E-state index >= 15 is 0 Å². The standard InChI is InChI=1S/C4H10.CH2BrNO/c1-3-4-2;2-1(3)4/h3-4H2,1-2H3;(H2,3,4). The second-order valence-corrected chi connectivity index (χ2v) is 2.09. The van der Waals surface area contributed by atoms with Gasteiger partial charge in [-0.2, -0.15) is 0 Å².